The Morgan fingerprint density at radius 2 is 0.868 bits per heavy atom. The molecule has 0 bridgehead atoms. The molecular formula is C44H70N10O12S2. The third-order valence-electron chi connectivity index (χ3n) is 12.6. The zero-order valence-corrected chi connectivity index (χ0v) is 43.0. The summed E-state index contributed by atoms with van der Waals surface area (Å²) in [4.78, 5) is 17.1. The number of methoxy groups -OCH3 is 6. The van der Waals surface area contributed by atoms with Gasteiger partial charge in [-0.15, -0.1) is 20.4 Å². The molecule has 24 heteroatoms. The first-order valence-corrected chi connectivity index (χ1v) is 26.1. The summed E-state index contributed by atoms with van der Waals surface area (Å²) in [6.45, 7) is 12.2. The second kappa shape index (κ2) is 25.0. The molecule has 6 heterocycles. The second-order valence-corrected chi connectivity index (χ2v) is 22.1. The lowest BCUT2D eigenvalue weighted by atomic mass is 10.1. The molecule has 0 unspecified atom stereocenters. The minimum atomic E-state index is -3.64. The largest absolute Gasteiger partial charge is 0.494 e. The van der Waals surface area contributed by atoms with Crippen molar-refractivity contribution in [2.24, 2.45) is 0 Å². The molecule has 0 saturated carbocycles. The minimum absolute atomic E-state index is 0.107. The molecule has 4 aromatic heterocycles. The Labute approximate surface area is 400 Å². The van der Waals surface area contributed by atoms with E-state index in [-0.39, 0.29) is 48.0 Å². The Balaban J connectivity index is 0.000000254. The predicted octanol–water partition coefficient (Wildman–Crippen LogP) is 4.52. The van der Waals surface area contributed by atoms with Crippen LogP contribution in [0.4, 0.5) is 0 Å². The minimum Gasteiger partial charge on any atom is -0.494 e. The maximum Gasteiger partial charge on any atom is 0.162 e. The summed E-state index contributed by atoms with van der Waals surface area (Å²) in [5.74, 6) is 2.35. The van der Waals surface area contributed by atoms with Crippen molar-refractivity contribution in [2.45, 2.75) is 138 Å². The number of aromatic nitrogens is 10. The molecule has 2 fully saturated rings. The van der Waals surface area contributed by atoms with Crippen LogP contribution in [0.15, 0.2) is 24.8 Å². The lowest BCUT2D eigenvalue weighted by Crippen LogP contribution is -2.30. The maximum atomic E-state index is 13.5. The van der Waals surface area contributed by atoms with E-state index in [4.69, 9.17) is 37.9 Å². The standard InChI is InChI=1S/2C22H35N5O6S/c2*1-14-7-8-19(33-14)22-26-25-20(27(22)17(11-30-4)12-31-5)13-34(28,29)16(3)15(2)21-23-9-18(32-6)10-24-21/h2*9-10,14-17,19H,7-8,11-13H2,1-6H3/t14-,15+,16+,19-;14-,15-,16-,19-/m10/s1. The van der Waals surface area contributed by atoms with Gasteiger partial charge in [-0.25, -0.2) is 36.8 Å². The van der Waals surface area contributed by atoms with Crippen LogP contribution in [0.5, 0.6) is 11.5 Å². The molecule has 0 spiro atoms. The van der Waals surface area contributed by atoms with Gasteiger partial charge in [0.1, 0.15) is 47.0 Å². The van der Waals surface area contributed by atoms with E-state index in [1.165, 1.54) is 39.0 Å². The highest BCUT2D eigenvalue weighted by molar-refractivity contribution is 7.91. The summed E-state index contributed by atoms with van der Waals surface area (Å²) < 4.78 is 101. The van der Waals surface area contributed by atoms with Gasteiger partial charge in [-0.1, -0.05) is 13.8 Å². The van der Waals surface area contributed by atoms with Crippen LogP contribution in [-0.4, -0.2) is 158 Å². The van der Waals surface area contributed by atoms with E-state index in [2.05, 4.69) is 40.3 Å². The van der Waals surface area contributed by atoms with E-state index >= 15 is 0 Å². The van der Waals surface area contributed by atoms with Gasteiger partial charge < -0.3 is 47.0 Å². The Hall–Kier alpha value is -4.30. The summed E-state index contributed by atoms with van der Waals surface area (Å²) >= 11 is 0. The average molecular weight is 995 g/mol. The number of sulfone groups is 2. The summed E-state index contributed by atoms with van der Waals surface area (Å²) in [6, 6.07) is -0.579. The molecule has 22 nitrogen and oxygen atoms in total. The molecule has 380 valence electrons. The first-order valence-electron chi connectivity index (χ1n) is 22.7. The first-order chi connectivity index (χ1) is 32.4. The Bertz CT molecular complexity index is 2210. The van der Waals surface area contributed by atoms with Crippen LogP contribution in [0.3, 0.4) is 0 Å². The van der Waals surface area contributed by atoms with Crippen LogP contribution in [0.1, 0.15) is 138 Å². The summed E-state index contributed by atoms with van der Waals surface area (Å²) in [5, 5.41) is 15.8. The van der Waals surface area contributed by atoms with Crippen LogP contribution in [0.2, 0.25) is 0 Å². The molecule has 2 aliphatic rings. The van der Waals surface area contributed by atoms with Crippen LogP contribution < -0.4 is 9.47 Å². The highest BCUT2D eigenvalue weighted by Gasteiger charge is 2.38. The van der Waals surface area contributed by atoms with E-state index in [1.807, 2.05) is 23.0 Å². The topological polar surface area (TPSA) is 255 Å². The van der Waals surface area contributed by atoms with Crippen molar-refractivity contribution >= 4 is 19.7 Å². The molecular weight excluding hydrogens is 925 g/mol. The molecule has 0 N–H and O–H groups in total. The molecule has 8 atom stereocenters. The molecule has 0 aromatic carbocycles. The molecule has 4 aromatic rings. The van der Waals surface area contributed by atoms with E-state index in [0.29, 0.717) is 72.9 Å². The number of nitrogens with zero attached hydrogens (tertiary/aromatic N) is 10. The van der Waals surface area contributed by atoms with Gasteiger partial charge in [0.25, 0.3) is 0 Å². The molecule has 68 heavy (non-hydrogen) atoms. The fourth-order valence-corrected chi connectivity index (χ4v) is 11.4. The van der Waals surface area contributed by atoms with Crippen molar-refractivity contribution in [3.05, 3.63) is 59.7 Å². The van der Waals surface area contributed by atoms with Gasteiger partial charge in [0.15, 0.2) is 42.8 Å². The van der Waals surface area contributed by atoms with Gasteiger partial charge >= 0.3 is 0 Å². The summed E-state index contributed by atoms with van der Waals surface area (Å²) in [5.41, 5.74) is 0. The average Bonchev–Trinajstić information content (AvgIpc) is 4.15. The van der Waals surface area contributed by atoms with E-state index in [1.54, 1.807) is 56.1 Å². The number of ether oxygens (including phenoxy) is 8. The first kappa shape index (κ1) is 54.6. The monoisotopic (exact) mass is 994 g/mol. The predicted molar refractivity (Wildman–Crippen MR) is 249 cm³/mol. The summed E-state index contributed by atoms with van der Waals surface area (Å²) in [7, 11) is 2.14. The SMILES string of the molecule is COCC(COC)n1c(CS(=O)(=O)[C@@H](C)[C@H](C)c2ncc(OC)cn2)nnc1[C@@H]1CC[C@H](C)O1.COCC(COC)n1c(CS(=O)(=O)[C@@H](C)[C@H](C)c2ncc(OC)cn2)nnc1[C@H]1CC[C@@H](C)O1. The van der Waals surface area contributed by atoms with Crippen LogP contribution in [-0.2, 0) is 59.6 Å². The van der Waals surface area contributed by atoms with Crippen molar-refractivity contribution in [1.29, 1.82) is 0 Å². The van der Waals surface area contributed by atoms with E-state index in [9.17, 15) is 16.8 Å². The van der Waals surface area contributed by atoms with Gasteiger partial charge in [0.2, 0.25) is 0 Å². The summed E-state index contributed by atoms with van der Waals surface area (Å²) in [6.07, 6.45) is 9.23. The zero-order valence-electron chi connectivity index (χ0n) is 41.3. The Morgan fingerprint density at radius 3 is 1.13 bits per heavy atom. The van der Waals surface area contributed by atoms with E-state index < -0.39 is 42.0 Å². The highest BCUT2D eigenvalue weighted by atomic mass is 32.2. The number of rotatable bonds is 24. The second-order valence-electron chi connectivity index (χ2n) is 17.4. The van der Waals surface area contributed by atoms with Gasteiger partial charge in [-0.05, 0) is 53.4 Å². The lowest BCUT2D eigenvalue weighted by molar-refractivity contribution is 0.0397. The molecule has 0 aliphatic carbocycles. The van der Waals surface area contributed by atoms with Crippen LogP contribution in [0, 0.1) is 0 Å². The van der Waals surface area contributed by atoms with Crippen molar-refractivity contribution < 1.29 is 54.7 Å². The van der Waals surface area contributed by atoms with Gasteiger partial charge in [0.05, 0.1) is 100 Å². The number of hydrogen-bond donors (Lipinski definition) is 0. The Kier molecular flexibility index (Phi) is 20.1. The maximum absolute atomic E-state index is 13.5. The normalized spacial score (nSPS) is 20.6. The van der Waals surface area contributed by atoms with E-state index in [0.717, 1.165) is 25.7 Å². The quantitative estimate of drug-likeness (QED) is 0.0935. The van der Waals surface area contributed by atoms with Gasteiger partial charge in [-0.2, -0.15) is 0 Å². The molecule has 2 aliphatic heterocycles. The van der Waals surface area contributed by atoms with Crippen molar-refractivity contribution in [2.75, 3.05) is 69.1 Å². The molecule has 6 rings (SSSR count). The van der Waals surface area contributed by atoms with Gasteiger partial charge in [0, 0.05) is 40.3 Å². The fourth-order valence-electron chi connectivity index (χ4n) is 8.25. The molecule has 0 radical (unpaired) electrons. The van der Waals surface area contributed by atoms with Crippen molar-refractivity contribution in [3.63, 3.8) is 0 Å². The third-order valence-corrected chi connectivity index (χ3v) is 17.0. The zero-order chi connectivity index (χ0) is 49.8. The van der Waals surface area contributed by atoms with Crippen LogP contribution in [0.25, 0.3) is 0 Å². The van der Waals surface area contributed by atoms with Crippen LogP contribution >= 0.6 is 0 Å². The third kappa shape index (κ3) is 13.5. The molecule has 2 saturated heterocycles. The molecule has 0 amide bonds. The number of hydrogen-bond acceptors (Lipinski definition) is 20. The smallest absolute Gasteiger partial charge is 0.162 e. The van der Waals surface area contributed by atoms with Crippen molar-refractivity contribution in [1.82, 2.24) is 49.5 Å². The highest BCUT2D eigenvalue weighted by Crippen LogP contribution is 2.36. The Morgan fingerprint density at radius 1 is 0.544 bits per heavy atom. The fraction of sp³-hybridized carbons (Fsp3) is 0.727. The lowest BCUT2D eigenvalue weighted by Gasteiger charge is -2.24. The van der Waals surface area contributed by atoms with Crippen molar-refractivity contribution in [3.8, 4) is 11.5 Å². The van der Waals surface area contributed by atoms with Gasteiger partial charge in [-0.3, -0.25) is 0 Å².